The Morgan fingerprint density at radius 3 is 2.70 bits per heavy atom. The molecule has 114 valence electrons. The van der Waals surface area contributed by atoms with Crippen LogP contribution in [0.4, 0.5) is 0 Å². The van der Waals surface area contributed by atoms with Gasteiger partial charge in [0.25, 0.3) is 0 Å². The van der Waals surface area contributed by atoms with E-state index in [1.54, 1.807) is 11.3 Å². The average Bonchev–Trinajstić information content (AvgIpc) is 3.21. The summed E-state index contributed by atoms with van der Waals surface area (Å²) in [5, 5.41) is 10.7. The number of hydrogen-bond donors (Lipinski definition) is 1. The molecule has 0 amide bonds. The maximum Gasteiger partial charge on any atom is 0.0778 e. The first-order valence-electron chi connectivity index (χ1n) is 7.34. The molecule has 23 heavy (non-hydrogen) atoms. The lowest BCUT2D eigenvalue weighted by Crippen LogP contribution is -1.96. The van der Waals surface area contributed by atoms with Crippen LogP contribution in [0.5, 0.6) is 0 Å². The Morgan fingerprint density at radius 2 is 1.96 bits per heavy atom. The molecule has 0 saturated heterocycles. The Morgan fingerprint density at radius 1 is 1.13 bits per heavy atom. The number of aromatic nitrogens is 3. The first kappa shape index (κ1) is 14.4. The van der Waals surface area contributed by atoms with Crippen molar-refractivity contribution in [3.8, 4) is 10.4 Å². The largest absolute Gasteiger partial charge is 0.367 e. The Balaban J connectivity index is 1.83. The van der Waals surface area contributed by atoms with Gasteiger partial charge in [-0.15, -0.1) is 11.3 Å². The minimum Gasteiger partial charge on any atom is -0.367 e. The average molecular weight is 340 g/mol. The Bertz CT molecular complexity index is 956. The highest BCUT2D eigenvalue weighted by Crippen LogP contribution is 2.36. The minimum atomic E-state index is 0.752. The summed E-state index contributed by atoms with van der Waals surface area (Å²) in [5.74, 6) is 0. The van der Waals surface area contributed by atoms with Gasteiger partial charge in [-0.3, -0.25) is 0 Å². The second kappa shape index (κ2) is 5.80. The summed E-state index contributed by atoms with van der Waals surface area (Å²) in [5.41, 5.74) is 4.37. The van der Waals surface area contributed by atoms with Crippen molar-refractivity contribution in [2.45, 2.75) is 13.3 Å². The zero-order chi connectivity index (χ0) is 15.8. The molecule has 1 aromatic carbocycles. The fourth-order valence-electron chi connectivity index (χ4n) is 2.66. The molecule has 1 N–H and O–H groups in total. The van der Waals surface area contributed by atoms with Crippen molar-refractivity contribution < 1.29 is 0 Å². The number of halogens is 1. The van der Waals surface area contributed by atoms with Gasteiger partial charge in [0.15, 0.2) is 0 Å². The van der Waals surface area contributed by atoms with Gasteiger partial charge in [-0.2, -0.15) is 10.2 Å². The molecule has 0 bridgehead atoms. The fourth-order valence-corrected chi connectivity index (χ4v) is 3.91. The van der Waals surface area contributed by atoms with Crippen LogP contribution in [-0.2, 0) is 6.42 Å². The van der Waals surface area contributed by atoms with Crippen molar-refractivity contribution in [3.63, 3.8) is 0 Å². The molecule has 0 radical (unpaired) electrons. The third-order valence-electron chi connectivity index (χ3n) is 3.85. The number of fused-ring (bicyclic) bond motifs is 1. The molecule has 0 unspecified atom stereocenters. The van der Waals surface area contributed by atoms with Crippen molar-refractivity contribution in [3.05, 3.63) is 70.8 Å². The molecule has 3 aromatic heterocycles. The van der Waals surface area contributed by atoms with E-state index >= 15 is 0 Å². The first-order chi connectivity index (χ1) is 11.2. The number of nitrogens with zero attached hydrogens (tertiary/aromatic N) is 2. The van der Waals surface area contributed by atoms with E-state index in [0.29, 0.717) is 0 Å². The zero-order valence-corrected chi connectivity index (χ0v) is 14.1. The van der Waals surface area contributed by atoms with Crippen LogP contribution in [0.1, 0.15) is 17.0 Å². The number of thiophene rings is 1. The van der Waals surface area contributed by atoms with Crippen LogP contribution in [0.25, 0.3) is 20.5 Å². The highest BCUT2D eigenvalue weighted by molar-refractivity contribution is 7.22. The monoisotopic (exact) mass is 339 g/mol. The van der Waals surface area contributed by atoms with Gasteiger partial charge in [0, 0.05) is 34.1 Å². The number of nitrogens with one attached hydrogen (secondary N) is 1. The van der Waals surface area contributed by atoms with E-state index in [1.807, 2.05) is 31.5 Å². The zero-order valence-electron chi connectivity index (χ0n) is 12.5. The van der Waals surface area contributed by atoms with Gasteiger partial charge in [0.2, 0.25) is 0 Å². The molecule has 0 aliphatic rings. The molecule has 0 aliphatic carbocycles. The second-order valence-electron chi connectivity index (χ2n) is 5.49. The first-order valence-corrected chi connectivity index (χ1v) is 8.53. The summed E-state index contributed by atoms with van der Waals surface area (Å²) >= 11 is 7.74. The van der Waals surface area contributed by atoms with Crippen molar-refractivity contribution in [2.24, 2.45) is 0 Å². The number of hydrogen-bond acceptors (Lipinski definition) is 3. The third kappa shape index (κ3) is 2.76. The predicted molar refractivity (Wildman–Crippen MR) is 96.2 cm³/mol. The van der Waals surface area contributed by atoms with Crippen molar-refractivity contribution in [2.75, 3.05) is 0 Å². The lowest BCUT2D eigenvalue weighted by atomic mass is 10.1. The topological polar surface area (TPSA) is 41.6 Å². The molecule has 5 heteroatoms. The molecule has 4 aromatic rings. The van der Waals surface area contributed by atoms with Gasteiger partial charge in [-0.1, -0.05) is 23.7 Å². The van der Waals surface area contributed by atoms with E-state index in [1.165, 1.54) is 26.1 Å². The standard InChI is InChI=1S/C18H14ClN3S/c1-11-18-15(16(22-21-11)8-12-6-7-20-10-12)9-17(23-18)13-2-4-14(19)5-3-13/h2-7,9-10,20H,8H2,1H3. The highest BCUT2D eigenvalue weighted by Gasteiger charge is 2.13. The molecule has 0 spiro atoms. The molecule has 3 nitrogen and oxygen atoms in total. The van der Waals surface area contributed by atoms with E-state index < -0.39 is 0 Å². The normalized spacial score (nSPS) is 11.2. The molecule has 0 atom stereocenters. The molecule has 3 heterocycles. The summed E-state index contributed by atoms with van der Waals surface area (Å²) in [6, 6.07) is 12.2. The third-order valence-corrected chi connectivity index (χ3v) is 5.40. The van der Waals surface area contributed by atoms with Crippen LogP contribution in [0.15, 0.2) is 48.8 Å². The summed E-state index contributed by atoms with van der Waals surface area (Å²) in [6.45, 7) is 2.01. The van der Waals surface area contributed by atoms with Crippen molar-refractivity contribution in [1.82, 2.24) is 15.2 Å². The second-order valence-corrected chi connectivity index (χ2v) is 6.98. The Kier molecular flexibility index (Phi) is 3.63. The molecular formula is C18H14ClN3S. The molecule has 4 rings (SSSR count). The number of H-pyrrole nitrogens is 1. The number of benzene rings is 1. The summed E-state index contributed by atoms with van der Waals surface area (Å²) < 4.78 is 1.20. The van der Waals surface area contributed by atoms with Crippen LogP contribution in [0.3, 0.4) is 0 Å². The van der Waals surface area contributed by atoms with Crippen LogP contribution >= 0.6 is 22.9 Å². The summed E-state index contributed by atoms with van der Waals surface area (Å²) in [7, 11) is 0. The smallest absolute Gasteiger partial charge is 0.0778 e. The Hall–Kier alpha value is -2.17. The highest BCUT2D eigenvalue weighted by atomic mass is 35.5. The summed E-state index contributed by atoms with van der Waals surface area (Å²) in [6.07, 6.45) is 4.71. The number of aryl methyl sites for hydroxylation is 1. The fraction of sp³-hybridized carbons (Fsp3) is 0.111. The molecular weight excluding hydrogens is 326 g/mol. The number of aromatic amines is 1. The summed E-state index contributed by atoms with van der Waals surface area (Å²) in [4.78, 5) is 4.30. The van der Waals surface area contributed by atoms with Gasteiger partial charge >= 0.3 is 0 Å². The maximum absolute atomic E-state index is 5.99. The van der Waals surface area contributed by atoms with E-state index in [-0.39, 0.29) is 0 Å². The Labute approximate surface area is 143 Å². The van der Waals surface area contributed by atoms with Crippen LogP contribution in [0.2, 0.25) is 5.02 Å². The molecule has 0 fully saturated rings. The van der Waals surface area contributed by atoms with E-state index in [9.17, 15) is 0 Å². The lowest BCUT2D eigenvalue weighted by molar-refractivity contribution is 0.933. The van der Waals surface area contributed by atoms with Gasteiger partial charge in [0.1, 0.15) is 0 Å². The van der Waals surface area contributed by atoms with E-state index in [0.717, 1.165) is 22.8 Å². The molecule has 0 saturated carbocycles. The quantitative estimate of drug-likeness (QED) is 0.554. The van der Waals surface area contributed by atoms with Gasteiger partial charge < -0.3 is 4.98 Å². The van der Waals surface area contributed by atoms with Crippen LogP contribution in [-0.4, -0.2) is 15.2 Å². The molecule has 0 aliphatic heterocycles. The minimum absolute atomic E-state index is 0.752. The van der Waals surface area contributed by atoms with Crippen LogP contribution in [0, 0.1) is 6.92 Å². The van der Waals surface area contributed by atoms with Gasteiger partial charge in [-0.05, 0) is 42.3 Å². The van der Waals surface area contributed by atoms with E-state index in [2.05, 4.69) is 39.4 Å². The lowest BCUT2D eigenvalue weighted by Gasteiger charge is -2.01. The van der Waals surface area contributed by atoms with E-state index in [4.69, 9.17) is 11.6 Å². The predicted octanol–water partition coefficient (Wildman–Crippen LogP) is 5.24. The van der Waals surface area contributed by atoms with Crippen molar-refractivity contribution >= 4 is 33.0 Å². The van der Waals surface area contributed by atoms with Crippen molar-refractivity contribution in [1.29, 1.82) is 0 Å². The van der Waals surface area contributed by atoms with Gasteiger partial charge in [-0.25, -0.2) is 0 Å². The van der Waals surface area contributed by atoms with Gasteiger partial charge in [0.05, 0.1) is 16.1 Å². The number of rotatable bonds is 3. The SMILES string of the molecule is Cc1nnc(Cc2cc[nH]c2)c2cc(-c3ccc(Cl)cc3)sc12. The van der Waals surface area contributed by atoms with Crippen LogP contribution < -0.4 is 0 Å². The maximum atomic E-state index is 5.99.